The number of rotatable bonds is 7. The molecule has 7 heteroatoms. The average Bonchev–Trinajstić information content (AvgIpc) is 2.36. The number of carbonyl (C=O) groups excluding carboxylic acids is 3. The van der Waals surface area contributed by atoms with Crippen molar-refractivity contribution >= 4 is 17.7 Å². The van der Waals surface area contributed by atoms with Gasteiger partial charge in [0.25, 0.3) is 0 Å². The Labute approximate surface area is 120 Å². The molecular formula is C13H26N4O3. The number of hydrogen-bond acceptors (Lipinski definition) is 4. The fourth-order valence-corrected chi connectivity index (χ4v) is 1.47. The van der Waals surface area contributed by atoms with Crippen molar-refractivity contribution in [3.05, 3.63) is 0 Å². The molecule has 0 saturated carbocycles. The highest BCUT2D eigenvalue weighted by Gasteiger charge is 2.46. The third-order valence-electron chi connectivity index (χ3n) is 2.91. The van der Waals surface area contributed by atoms with Crippen LogP contribution in [-0.4, -0.2) is 29.0 Å². The Kier molecular flexibility index (Phi) is 6.64. The first-order chi connectivity index (χ1) is 9.11. The molecule has 0 aliphatic rings. The maximum Gasteiger partial charge on any atom is 0.222 e. The monoisotopic (exact) mass is 286 g/mol. The largest absolute Gasteiger partial charge is 0.320 e. The molecule has 0 rings (SSSR count). The maximum absolute atomic E-state index is 11.7. The van der Waals surface area contributed by atoms with Crippen molar-refractivity contribution in [2.24, 2.45) is 5.73 Å². The lowest BCUT2D eigenvalue weighted by Gasteiger charge is -2.45. The van der Waals surface area contributed by atoms with E-state index in [0.29, 0.717) is 0 Å². The molecular weight excluding hydrogens is 260 g/mol. The summed E-state index contributed by atoms with van der Waals surface area (Å²) in [5, 5.41) is 7.87. The van der Waals surface area contributed by atoms with Crippen LogP contribution in [0.4, 0.5) is 0 Å². The third-order valence-corrected chi connectivity index (χ3v) is 2.91. The molecule has 0 aromatic carbocycles. The minimum Gasteiger partial charge on any atom is -0.320 e. The van der Waals surface area contributed by atoms with E-state index >= 15 is 0 Å². The van der Waals surface area contributed by atoms with Crippen molar-refractivity contribution in [2.75, 3.05) is 0 Å². The van der Waals surface area contributed by atoms with Crippen LogP contribution in [0.5, 0.6) is 0 Å². The van der Waals surface area contributed by atoms with Gasteiger partial charge in [-0.15, -0.1) is 0 Å². The minimum atomic E-state index is -1.51. The van der Waals surface area contributed by atoms with Gasteiger partial charge in [-0.05, 0) is 13.8 Å². The summed E-state index contributed by atoms with van der Waals surface area (Å²) in [6, 6.07) is 0. The number of nitrogens with two attached hydrogens (primary N) is 1. The first-order valence-corrected chi connectivity index (χ1v) is 6.83. The molecule has 0 saturated heterocycles. The molecule has 3 amide bonds. The van der Waals surface area contributed by atoms with Crippen molar-refractivity contribution in [2.45, 2.75) is 65.2 Å². The summed E-state index contributed by atoms with van der Waals surface area (Å²) in [5.74, 6) is -2.48. The molecule has 0 unspecified atom stereocenters. The van der Waals surface area contributed by atoms with Crippen molar-refractivity contribution in [3.63, 3.8) is 0 Å². The van der Waals surface area contributed by atoms with Gasteiger partial charge in [-0.2, -0.15) is 0 Å². The van der Waals surface area contributed by atoms with Crippen molar-refractivity contribution in [1.82, 2.24) is 16.0 Å². The number of carbonyl (C=O) groups is 3. The van der Waals surface area contributed by atoms with Gasteiger partial charge in [-0.25, -0.2) is 0 Å². The predicted molar refractivity (Wildman–Crippen MR) is 76.3 cm³/mol. The topological polar surface area (TPSA) is 113 Å². The molecule has 0 atom stereocenters. The Balaban J connectivity index is 5.56. The van der Waals surface area contributed by atoms with Crippen LogP contribution in [0.25, 0.3) is 0 Å². The Bertz CT molecular complexity index is 329. The standard InChI is InChI=1S/C13H26N4O3/c1-6-9(18)15-13(12(4,5)14,16-10(19)7-2)17-11(20)8-3/h6-8,14H2,1-5H3,(H,15,18)(H,16,19)(H,17,20). The van der Waals surface area contributed by atoms with E-state index < -0.39 is 11.3 Å². The first-order valence-electron chi connectivity index (χ1n) is 6.83. The van der Waals surface area contributed by atoms with Gasteiger partial charge in [0.2, 0.25) is 23.5 Å². The lowest BCUT2D eigenvalue weighted by Crippen LogP contribution is -2.81. The van der Waals surface area contributed by atoms with E-state index in [4.69, 9.17) is 5.73 Å². The summed E-state index contributed by atoms with van der Waals surface area (Å²) in [7, 11) is 0. The summed E-state index contributed by atoms with van der Waals surface area (Å²) in [6.07, 6.45) is 0.630. The lowest BCUT2D eigenvalue weighted by atomic mass is 9.94. The molecule has 0 bridgehead atoms. The van der Waals surface area contributed by atoms with Crippen LogP contribution in [0.15, 0.2) is 0 Å². The molecule has 0 aliphatic carbocycles. The van der Waals surface area contributed by atoms with E-state index in [-0.39, 0.29) is 37.0 Å². The van der Waals surface area contributed by atoms with Gasteiger partial charge in [0.05, 0.1) is 5.54 Å². The van der Waals surface area contributed by atoms with Crippen LogP contribution in [0.1, 0.15) is 53.9 Å². The molecule has 0 radical (unpaired) electrons. The highest BCUT2D eigenvalue weighted by atomic mass is 16.2. The molecule has 7 nitrogen and oxygen atoms in total. The Hall–Kier alpha value is -1.63. The van der Waals surface area contributed by atoms with Gasteiger partial charge in [-0.3, -0.25) is 14.4 Å². The average molecular weight is 286 g/mol. The number of hydrogen-bond donors (Lipinski definition) is 4. The van der Waals surface area contributed by atoms with Gasteiger partial charge in [0.15, 0.2) is 0 Å². The fraction of sp³-hybridized carbons (Fsp3) is 0.769. The summed E-state index contributed by atoms with van der Waals surface area (Å²) in [6.45, 7) is 8.26. The second-order valence-corrected chi connectivity index (χ2v) is 5.18. The van der Waals surface area contributed by atoms with E-state index in [0.717, 1.165) is 0 Å². The molecule has 0 aliphatic heterocycles. The quantitative estimate of drug-likeness (QED) is 0.492. The van der Waals surface area contributed by atoms with E-state index in [9.17, 15) is 14.4 Å². The van der Waals surface area contributed by atoms with Crippen LogP contribution in [0.3, 0.4) is 0 Å². The smallest absolute Gasteiger partial charge is 0.222 e. The van der Waals surface area contributed by atoms with Gasteiger partial charge in [-0.1, -0.05) is 20.8 Å². The molecule has 5 N–H and O–H groups in total. The summed E-state index contributed by atoms with van der Waals surface area (Å²) >= 11 is 0. The second kappa shape index (κ2) is 7.23. The first kappa shape index (κ1) is 18.4. The Morgan fingerprint density at radius 2 is 1.05 bits per heavy atom. The fourth-order valence-electron chi connectivity index (χ4n) is 1.47. The molecule has 0 spiro atoms. The molecule has 20 heavy (non-hydrogen) atoms. The number of amides is 3. The predicted octanol–water partition coefficient (Wildman–Crippen LogP) is -0.0439. The molecule has 0 aromatic heterocycles. The highest BCUT2D eigenvalue weighted by Crippen LogP contribution is 2.15. The van der Waals surface area contributed by atoms with Crippen LogP contribution < -0.4 is 21.7 Å². The zero-order valence-corrected chi connectivity index (χ0v) is 12.9. The number of nitrogens with one attached hydrogen (secondary N) is 3. The maximum atomic E-state index is 11.7. The second-order valence-electron chi connectivity index (χ2n) is 5.18. The minimum absolute atomic E-state index is 0.210. The zero-order valence-electron chi connectivity index (χ0n) is 12.9. The molecule has 0 heterocycles. The van der Waals surface area contributed by atoms with Crippen LogP contribution in [0, 0.1) is 0 Å². The van der Waals surface area contributed by atoms with Crippen LogP contribution in [0.2, 0.25) is 0 Å². The Morgan fingerprint density at radius 1 is 0.800 bits per heavy atom. The van der Waals surface area contributed by atoms with Gasteiger partial charge in [0, 0.05) is 19.3 Å². The van der Waals surface area contributed by atoms with Crippen molar-refractivity contribution in [1.29, 1.82) is 0 Å². The van der Waals surface area contributed by atoms with E-state index in [1.54, 1.807) is 34.6 Å². The SMILES string of the molecule is CCC(=O)NC(NC(=O)CC)(NC(=O)CC)C(C)(C)N. The highest BCUT2D eigenvalue weighted by molar-refractivity contribution is 5.83. The molecule has 0 fully saturated rings. The van der Waals surface area contributed by atoms with Crippen LogP contribution in [-0.2, 0) is 14.4 Å². The van der Waals surface area contributed by atoms with Crippen molar-refractivity contribution in [3.8, 4) is 0 Å². The summed E-state index contributed by atoms with van der Waals surface area (Å²) in [4.78, 5) is 35.2. The van der Waals surface area contributed by atoms with E-state index in [1.165, 1.54) is 0 Å². The van der Waals surface area contributed by atoms with E-state index in [2.05, 4.69) is 16.0 Å². The van der Waals surface area contributed by atoms with Gasteiger partial charge >= 0.3 is 0 Å². The Morgan fingerprint density at radius 3 is 1.20 bits per heavy atom. The summed E-state index contributed by atoms with van der Waals surface area (Å²) in [5.41, 5.74) is 4.99. The van der Waals surface area contributed by atoms with Gasteiger partial charge < -0.3 is 21.7 Å². The van der Waals surface area contributed by atoms with E-state index in [1.807, 2.05) is 0 Å². The normalized spacial score (nSPS) is 11.7. The third kappa shape index (κ3) is 4.80. The van der Waals surface area contributed by atoms with Crippen molar-refractivity contribution < 1.29 is 14.4 Å². The van der Waals surface area contributed by atoms with Gasteiger partial charge in [0.1, 0.15) is 0 Å². The lowest BCUT2D eigenvalue weighted by molar-refractivity contribution is -0.133. The molecule has 116 valence electrons. The summed E-state index contributed by atoms with van der Waals surface area (Å²) < 4.78 is 0. The van der Waals surface area contributed by atoms with Crippen LogP contribution >= 0.6 is 0 Å². The zero-order chi connectivity index (χ0) is 16.0. The molecule has 0 aromatic rings.